The van der Waals surface area contributed by atoms with E-state index < -0.39 is 29.6 Å². The largest absolute Gasteiger partial charge is 0.457 e. The molecule has 0 spiro atoms. The summed E-state index contributed by atoms with van der Waals surface area (Å²) in [7, 11) is 1.30. The molecule has 0 saturated heterocycles. The van der Waals surface area contributed by atoms with Gasteiger partial charge in [0.2, 0.25) is 5.78 Å². The summed E-state index contributed by atoms with van der Waals surface area (Å²) in [4.78, 5) is 49.1. The first-order valence-electron chi connectivity index (χ1n) is 9.61. The van der Waals surface area contributed by atoms with Gasteiger partial charge in [0.05, 0.1) is 0 Å². The molecule has 0 unspecified atom stereocenters. The molecule has 1 aromatic heterocycles. The number of carbonyl (C=O) groups excluding carboxylic acids is 2. The summed E-state index contributed by atoms with van der Waals surface area (Å²) in [6.07, 6.45) is 5.62. The summed E-state index contributed by atoms with van der Waals surface area (Å²) < 4.78 is 7.19. The number of esters is 1. The van der Waals surface area contributed by atoms with Gasteiger partial charge in [0.1, 0.15) is 11.4 Å². The van der Waals surface area contributed by atoms with Crippen molar-refractivity contribution in [3.63, 3.8) is 0 Å². The first kappa shape index (κ1) is 19.4. The topological polar surface area (TPSA) is 113 Å². The van der Waals surface area contributed by atoms with E-state index >= 15 is 0 Å². The minimum Gasteiger partial charge on any atom is -0.457 e. The number of fused-ring (bicyclic) bond motifs is 2. The van der Waals surface area contributed by atoms with E-state index in [1.807, 2.05) is 6.92 Å². The second-order valence-corrected chi connectivity index (χ2v) is 7.78. The number of ether oxygens (including phenoxy) is 1. The standard InChI is InChI=1S/C19H27N3O5/c1-3-6-22-17(20)16(18(25)21(2)19(22)26)14(23)10-27-15(24)9-13-8-11-4-5-12(13)7-11/h11-13H,3-10,20H2,1-2H3/t11-,12-,13-/m1/s1. The van der Waals surface area contributed by atoms with Crippen molar-refractivity contribution in [1.29, 1.82) is 0 Å². The lowest BCUT2D eigenvalue weighted by Crippen LogP contribution is -2.43. The van der Waals surface area contributed by atoms with Crippen LogP contribution in [-0.4, -0.2) is 27.5 Å². The third-order valence-electron chi connectivity index (χ3n) is 5.99. The monoisotopic (exact) mass is 377 g/mol. The molecule has 27 heavy (non-hydrogen) atoms. The molecule has 0 aromatic carbocycles. The molecule has 0 amide bonds. The highest BCUT2D eigenvalue weighted by atomic mass is 16.5. The van der Waals surface area contributed by atoms with Crippen LogP contribution in [-0.2, 0) is 23.1 Å². The number of hydrogen-bond donors (Lipinski definition) is 1. The average molecular weight is 377 g/mol. The Morgan fingerprint density at radius 1 is 1.22 bits per heavy atom. The molecule has 0 aliphatic heterocycles. The Balaban J connectivity index is 1.68. The van der Waals surface area contributed by atoms with E-state index in [1.54, 1.807) is 0 Å². The fourth-order valence-electron chi connectivity index (χ4n) is 4.60. The fourth-order valence-corrected chi connectivity index (χ4v) is 4.60. The number of carbonyl (C=O) groups is 2. The molecule has 2 saturated carbocycles. The Bertz CT molecular complexity index is 869. The van der Waals surface area contributed by atoms with Crippen LogP contribution in [0.3, 0.4) is 0 Å². The smallest absolute Gasteiger partial charge is 0.332 e. The maximum atomic E-state index is 12.5. The molecule has 2 fully saturated rings. The lowest BCUT2D eigenvalue weighted by molar-refractivity contribution is -0.144. The molecule has 8 heteroatoms. The highest BCUT2D eigenvalue weighted by molar-refractivity contribution is 6.01. The second kappa shape index (κ2) is 7.70. The van der Waals surface area contributed by atoms with Crippen LogP contribution in [0.15, 0.2) is 9.59 Å². The Morgan fingerprint density at radius 2 is 1.96 bits per heavy atom. The number of rotatable bonds is 7. The van der Waals surface area contributed by atoms with Gasteiger partial charge in [-0.05, 0) is 43.4 Å². The third-order valence-corrected chi connectivity index (χ3v) is 5.99. The maximum Gasteiger partial charge on any atom is 0.332 e. The van der Waals surface area contributed by atoms with Gasteiger partial charge in [-0.15, -0.1) is 0 Å². The Hall–Kier alpha value is -2.38. The SMILES string of the molecule is CCCn1c(N)c(C(=O)COC(=O)C[C@H]2C[C@@H]3CC[C@@H]2C3)c(=O)n(C)c1=O. The lowest BCUT2D eigenvalue weighted by Gasteiger charge is -2.20. The summed E-state index contributed by atoms with van der Waals surface area (Å²) in [5.41, 5.74) is 4.29. The van der Waals surface area contributed by atoms with Crippen molar-refractivity contribution in [2.24, 2.45) is 24.8 Å². The predicted molar refractivity (Wildman–Crippen MR) is 99.5 cm³/mol. The van der Waals surface area contributed by atoms with Gasteiger partial charge in [0.15, 0.2) is 6.61 Å². The Morgan fingerprint density at radius 3 is 2.56 bits per heavy atom. The van der Waals surface area contributed by atoms with Gasteiger partial charge in [0.25, 0.3) is 5.56 Å². The number of hydrogen-bond acceptors (Lipinski definition) is 6. The van der Waals surface area contributed by atoms with Crippen LogP contribution in [0.4, 0.5) is 5.82 Å². The second-order valence-electron chi connectivity index (χ2n) is 7.78. The van der Waals surface area contributed by atoms with Gasteiger partial charge in [-0.1, -0.05) is 13.3 Å². The Kier molecular flexibility index (Phi) is 5.53. The van der Waals surface area contributed by atoms with Gasteiger partial charge in [-0.2, -0.15) is 0 Å². The van der Waals surface area contributed by atoms with E-state index in [1.165, 1.54) is 30.9 Å². The molecule has 3 rings (SSSR count). The molecule has 2 aliphatic rings. The number of nitrogens with zero attached hydrogens (tertiary/aromatic N) is 2. The lowest BCUT2D eigenvalue weighted by atomic mass is 9.86. The highest BCUT2D eigenvalue weighted by Gasteiger charge is 2.40. The third kappa shape index (κ3) is 3.70. The van der Waals surface area contributed by atoms with Crippen LogP contribution in [0.5, 0.6) is 0 Å². The summed E-state index contributed by atoms with van der Waals surface area (Å²) in [5.74, 6) is 0.405. The number of nitrogens with two attached hydrogens (primary N) is 1. The first-order chi connectivity index (χ1) is 12.8. The number of ketones is 1. The van der Waals surface area contributed by atoms with E-state index in [0.717, 1.165) is 16.9 Å². The molecular weight excluding hydrogens is 350 g/mol. The van der Waals surface area contributed by atoms with E-state index in [2.05, 4.69) is 0 Å². The zero-order valence-corrected chi connectivity index (χ0v) is 15.9. The van der Waals surface area contributed by atoms with Gasteiger partial charge in [-0.3, -0.25) is 23.5 Å². The minimum absolute atomic E-state index is 0.167. The average Bonchev–Trinajstić information content (AvgIpc) is 3.25. The number of aromatic nitrogens is 2. The zero-order chi connectivity index (χ0) is 19.7. The normalized spacial score (nSPS) is 23.6. The minimum atomic E-state index is -0.765. The molecular formula is C19H27N3O5. The van der Waals surface area contributed by atoms with Gasteiger partial charge in [-0.25, -0.2) is 4.79 Å². The van der Waals surface area contributed by atoms with Gasteiger partial charge >= 0.3 is 11.7 Å². The van der Waals surface area contributed by atoms with E-state index in [9.17, 15) is 19.2 Å². The molecule has 2 N–H and O–H groups in total. The van der Waals surface area contributed by atoms with E-state index in [-0.39, 0.29) is 11.4 Å². The molecule has 0 radical (unpaired) electrons. The van der Waals surface area contributed by atoms with Crippen LogP contribution in [0.1, 0.15) is 55.8 Å². The van der Waals surface area contributed by atoms with Crippen molar-refractivity contribution in [1.82, 2.24) is 9.13 Å². The van der Waals surface area contributed by atoms with E-state index in [0.29, 0.717) is 31.2 Å². The van der Waals surface area contributed by atoms with Crippen LogP contribution in [0.25, 0.3) is 0 Å². The van der Waals surface area contributed by atoms with E-state index in [4.69, 9.17) is 10.5 Å². The molecule has 1 heterocycles. The first-order valence-corrected chi connectivity index (χ1v) is 9.61. The number of Topliss-reactive ketones (excluding diaryl/α,β-unsaturated/α-hetero) is 1. The Labute approximate surface area is 157 Å². The van der Waals surface area contributed by atoms with Gasteiger partial charge < -0.3 is 10.5 Å². The zero-order valence-electron chi connectivity index (χ0n) is 15.9. The van der Waals surface area contributed by atoms with Crippen LogP contribution < -0.4 is 17.0 Å². The number of anilines is 1. The van der Waals surface area contributed by atoms with Crippen molar-refractivity contribution in [3.05, 3.63) is 26.4 Å². The van der Waals surface area contributed by atoms with Gasteiger partial charge in [0, 0.05) is 20.0 Å². The summed E-state index contributed by atoms with van der Waals surface area (Å²) in [5, 5.41) is 0. The van der Waals surface area contributed by atoms with Crippen LogP contribution >= 0.6 is 0 Å². The van der Waals surface area contributed by atoms with Crippen LogP contribution in [0, 0.1) is 17.8 Å². The quantitative estimate of drug-likeness (QED) is 0.562. The summed E-state index contributed by atoms with van der Waals surface area (Å²) >= 11 is 0. The maximum absolute atomic E-state index is 12.5. The predicted octanol–water partition coefficient (Wildman–Crippen LogP) is 1.09. The van der Waals surface area contributed by atoms with Crippen molar-refractivity contribution < 1.29 is 14.3 Å². The summed E-state index contributed by atoms with van der Waals surface area (Å²) in [6.45, 7) is 1.61. The number of nitrogen functional groups attached to an aromatic ring is 1. The highest BCUT2D eigenvalue weighted by Crippen LogP contribution is 2.49. The van der Waals surface area contributed by atoms with Crippen molar-refractivity contribution in [2.45, 2.75) is 52.0 Å². The molecule has 1 aromatic rings. The van der Waals surface area contributed by atoms with Crippen molar-refractivity contribution in [2.75, 3.05) is 12.3 Å². The molecule has 3 atom stereocenters. The van der Waals surface area contributed by atoms with Crippen molar-refractivity contribution in [3.8, 4) is 0 Å². The molecule has 8 nitrogen and oxygen atoms in total. The van der Waals surface area contributed by atoms with Crippen LogP contribution in [0.2, 0.25) is 0 Å². The summed E-state index contributed by atoms with van der Waals surface area (Å²) in [6, 6.07) is 0. The molecule has 2 bridgehead atoms. The molecule has 2 aliphatic carbocycles. The molecule has 148 valence electrons. The van der Waals surface area contributed by atoms with Crippen molar-refractivity contribution >= 4 is 17.6 Å². The fraction of sp³-hybridized carbons (Fsp3) is 0.684.